The van der Waals surface area contributed by atoms with E-state index in [0.29, 0.717) is 0 Å². The fraction of sp³-hybridized carbons (Fsp3) is 0.900. The van der Waals surface area contributed by atoms with Crippen molar-refractivity contribution < 1.29 is 5.11 Å². The highest BCUT2D eigenvalue weighted by Gasteiger charge is 2.18. The van der Waals surface area contributed by atoms with Gasteiger partial charge in [0.15, 0.2) is 0 Å². The topological polar surface area (TPSA) is 20.2 Å². The van der Waals surface area contributed by atoms with E-state index in [2.05, 4.69) is 39.8 Å². The average Bonchev–Trinajstić information content (AvgIpc) is 2.94. The van der Waals surface area contributed by atoms with Crippen molar-refractivity contribution in [3.63, 3.8) is 0 Å². The summed E-state index contributed by atoms with van der Waals surface area (Å²) in [5.41, 5.74) is 2.50. The van der Waals surface area contributed by atoms with Crippen LogP contribution in [0, 0.1) is 0 Å². The van der Waals surface area contributed by atoms with Crippen molar-refractivity contribution in [3.05, 3.63) is 23.3 Å². The highest BCUT2D eigenvalue weighted by molar-refractivity contribution is 5.00. The summed E-state index contributed by atoms with van der Waals surface area (Å²) in [6.45, 7) is 11.2. The molecule has 0 spiro atoms. The first-order valence-electron chi connectivity index (χ1n) is 18.9. The lowest BCUT2D eigenvalue weighted by Gasteiger charge is -2.22. The number of hydrogen-bond donors (Lipinski definition) is 1. The lowest BCUT2D eigenvalue weighted by atomic mass is 9.92. The average molecular weight is 575 g/mol. The third kappa shape index (κ3) is 32.2. The molecule has 0 aromatic rings. The van der Waals surface area contributed by atoms with Gasteiger partial charge in [-0.1, -0.05) is 178 Å². The molecule has 0 unspecified atom stereocenters. The highest BCUT2D eigenvalue weighted by Crippen LogP contribution is 2.22. The van der Waals surface area contributed by atoms with Crippen LogP contribution in [0.25, 0.3) is 0 Å². The summed E-state index contributed by atoms with van der Waals surface area (Å²) < 4.78 is 0. The fourth-order valence-electron chi connectivity index (χ4n) is 6.08. The Morgan fingerprint density at radius 1 is 0.439 bits per heavy atom. The minimum atomic E-state index is -0.542. The van der Waals surface area contributed by atoms with Crippen LogP contribution in [0.3, 0.4) is 0 Å². The number of hydrogen-bond acceptors (Lipinski definition) is 1. The maximum absolute atomic E-state index is 10.9. The van der Waals surface area contributed by atoms with Crippen LogP contribution in [0.5, 0.6) is 0 Å². The van der Waals surface area contributed by atoms with Crippen molar-refractivity contribution in [2.24, 2.45) is 0 Å². The van der Waals surface area contributed by atoms with Crippen LogP contribution in [0.2, 0.25) is 0 Å². The Morgan fingerprint density at radius 3 is 0.951 bits per heavy atom. The van der Waals surface area contributed by atoms with E-state index < -0.39 is 5.60 Å². The smallest absolute Gasteiger partial charge is 0.0625 e. The Balaban J connectivity index is 3.67. The van der Waals surface area contributed by atoms with E-state index in [4.69, 9.17) is 0 Å². The van der Waals surface area contributed by atoms with Crippen molar-refractivity contribution in [1.29, 1.82) is 0 Å². The first kappa shape index (κ1) is 40.4. The molecule has 1 N–H and O–H groups in total. The van der Waals surface area contributed by atoms with E-state index in [9.17, 15) is 5.11 Å². The van der Waals surface area contributed by atoms with Gasteiger partial charge in [0, 0.05) is 0 Å². The number of aliphatic hydroxyl groups is 1. The molecular weight excluding hydrogens is 496 g/mol. The Kier molecular flexibility index (Phi) is 30.5. The number of allylic oxidation sites excluding steroid dienone is 4. The van der Waals surface area contributed by atoms with E-state index in [-0.39, 0.29) is 0 Å². The van der Waals surface area contributed by atoms with Gasteiger partial charge in [0.25, 0.3) is 0 Å². The molecule has 0 atom stereocenters. The lowest BCUT2D eigenvalue weighted by Crippen LogP contribution is -2.23. The highest BCUT2D eigenvalue weighted by atomic mass is 16.3. The summed E-state index contributed by atoms with van der Waals surface area (Å²) >= 11 is 0. The predicted octanol–water partition coefficient (Wildman–Crippen LogP) is 14.4. The zero-order valence-electron chi connectivity index (χ0n) is 29.3. The molecule has 0 saturated carbocycles. The minimum absolute atomic E-state index is 0.542. The van der Waals surface area contributed by atoms with Gasteiger partial charge in [-0.05, 0) is 72.1 Å². The predicted molar refractivity (Wildman–Crippen MR) is 188 cm³/mol. The Bertz CT molecular complexity index is 534. The maximum Gasteiger partial charge on any atom is 0.0625 e. The molecule has 1 nitrogen and oxygen atoms in total. The zero-order chi connectivity index (χ0) is 30.3. The normalized spacial score (nSPS) is 14.1. The first-order chi connectivity index (χ1) is 19.9. The van der Waals surface area contributed by atoms with Gasteiger partial charge in [0.05, 0.1) is 5.60 Å². The molecule has 0 radical (unpaired) electrons. The van der Waals surface area contributed by atoms with Gasteiger partial charge in [0.1, 0.15) is 0 Å². The van der Waals surface area contributed by atoms with Gasteiger partial charge >= 0.3 is 0 Å². The summed E-state index contributed by atoms with van der Waals surface area (Å²) in [5, 5.41) is 10.9. The molecule has 0 saturated heterocycles. The molecular formula is C40H78O. The number of rotatable bonds is 32. The molecule has 41 heavy (non-hydrogen) atoms. The molecule has 0 aliphatic heterocycles. The second-order valence-electron chi connectivity index (χ2n) is 14.0. The van der Waals surface area contributed by atoms with Gasteiger partial charge < -0.3 is 5.11 Å². The molecule has 1 heteroatoms. The molecule has 244 valence electrons. The van der Waals surface area contributed by atoms with Crippen LogP contribution in [0.4, 0.5) is 0 Å². The molecule has 0 heterocycles. The van der Waals surface area contributed by atoms with Crippen molar-refractivity contribution in [3.8, 4) is 0 Å². The monoisotopic (exact) mass is 575 g/mol. The second kappa shape index (κ2) is 30.9. The molecule has 0 aromatic carbocycles. The van der Waals surface area contributed by atoms with E-state index in [0.717, 1.165) is 25.7 Å². The summed E-state index contributed by atoms with van der Waals surface area (Å²) in [6.07, 6.45) is 45.0. The summed E-state index contributed by atoms with van der Waals surface area (Å²) in [6, 6.07) is 0. The third-order valence-electron chi connectivity index (χ3n) is 9.20. The van der Waals surface area contributed by atoms with Gasteiger partial charge in [-0.3, -0.25) is 0 Å². The van der Waals surface area contributed by atoms with Gasteiger partial charge in [-0.25, -0.2) is 0 Å². The summed E-state index contributed by atoms with van der Waals surface area (Å²) in [5.74, 6) is 0. The first-order valence-corrected chi connectivity index (χ1v) is 18.9. The van der Waals surface area contributed by atoms with E-state index in [1.54, 1.807) is 0 Å². The summed E-state index contributed by atoms with van der Waals surface area (Å²) in [7, 11) is 0. The van der Waals surface area contributed by atoms with E-state index in [1.165, 1.54) is 178 Å². The SMILES string of the molecule is CCCCCCCCCCCCCCC(C)=CCCC(C)(O)CCC=C(C)CCCCCCCCCCCCCC. The van der Waals surface area contributed by atoms with E-state index >= 15 is 0 Å². The van der Waals surface area contributed by atoms with Crippen LogP contribution < -0.4 is 0 Å². The van der Waals surface area contributed by atoms with Crippen LogP contribution in [-0.2, 0) is 0 Å². The van der Waals surface area contributed by atoms with Crippen LogP contribution in [0.1, 0.15) is 227 Å². The van der Waals surface area contributed by atoms with Gasteiger partial charge in [-0.2, -0.15) is 0 Å². The van der Waals surface area contributed by atoms with Crippen molar-refractivity contribution >= 4 is 0 Å². The van der Waals surface area contributed by atoms with Gasteiger partial charge in [-0.15, -0.1) is 0 Å². The quantitative estimate of drug-likeness (QED) is 0.0625. The number of unbranched alkanes of at least 4 members (excludes halogenated alkanes) is 22. The molecule has 0 aliphatic carbocycles. The lowest BCUT2D eigenvalue weighted by molar-refractivity contribution is 0.0439. The molecule has 0 amide bonds. The third-order valence-corrected chi connectivity index (χ3v) is 9.20. The molecule has 0 aliphatic rings. The second-order valence-corrected chi connectivity index (χ2v) is 14.0. The molecule has 0 aromatic heterocycles. The van der Waals surface area contributed by atoms with Crippen LogP contribution in [0.15, 0.2) is 23.3 Å². The molecule has 0 rings (SSSR count). The fourth-order valence-corrected chi connectivity index (χ4v) is 6.08. The van der Waals surface area contributed by atoms with Crippen molar-refractivity contribution in [2.45, 2.75) is 233 Å². The van der Waals surface area contributed by atoms with Crippen LogP contribution in [-0.4, -0.2) is 10.7 Å². The standard InChI is InChI=1S/C40H78O/c1-6-8-10-12-14-16-18-20-22-24-26-28-32-38(3)34-30-36-40(5,41)37-31-35-39(4)33-29-27-25-23-21-19-17-15-13-11-9-7-2/h34-35,41H,6-33,36-37H2,1-5H3. The summed E-state index contributed by atoms with van der Waals surface area (Å²) in [4.78, 5) is 0. The van der Waals surface area contributed by atoms with Crippen LogP contribution >= 0.6 is 0 Å². The maximum atomic E-state index is 10.9. The molecule has 0 fully saturated rings. The minimum Gasteiger partial charge on any atom is -0.390 e. The largest absolute Gasteiger partial charge is 0.390 e. The van der Waals surface area contributed by atoms with Crippen molar-refractivity contribution in [1.82, 2.24) is 0 Å². The Labute approximate surface area is 260 Å². The molecule has 0 bridgehead atoms. The van der Waals surface area contributed by atoms with Crippen molar-refractivity contribution in [2.75, 3.05) is 0 Å². The Morgan fingerprint density at radius 2 is 0.683 bits per heavy atom. The van der Waals surface area contributed by atoms with Gasteiger partial charge in [0.2, 0.25) is 0 Å². The Hall–Kier alpha value is -0.560. The van der Waals surface area contributed by atoms with E-state index in [1.807, 2.05) is 6.92 Å². The zero-order valence-corrected chi connectivity index (χ0v) is 29.3.